The van der Waals surface area contributed by atoms with E-state index in [-0.39, 0.29) is 9.49 Å². The van der Waals surface area contributed by atoms with Gasteiger partial charge >= 0.3 is 0 Å². The summed E-state index contributed by atoms with van der Waals surface area (Å²) in [5, 5.41) is 0. The molecule has 29 heavy (non-hydrogen) atoms. The van der Waals surface area contributed by atoms with Crippen molar-refractivity contribution in [3.05, 3.63) is 106 Å². The molecule has 2 aromatic carbocycles. The maximum absolute atomic E-state index is 2.52. The summed E-state index contributed by atoms with van der Waals surface area (Å²) in [5.74, 6) is 0. The van der Waals surface area contributed by atoms with Crippen LogP contribution < -0.4 is 0 Å². The normalized spacial score (nSPS) is 30.1. The smallest absolute Gasteiger partial charge is 0.0618 e. The Labute approximate surface area is 181 Å². The zero-order chi connectivity index (χ0) is 19.6. The molecular weight excluding hydrogens is 388 g/mol. The van der Waals surface area contributed by atoms with Crippen LogP contribution in [0.15, 0.2) is 95.1 Å². The fourth-order valence-electron chi connectivity index (χ4n) is 5.43. The Morgan fingerprint density at radius 3 is 1.45 bits per heavy atom. The largest absolute Gasteiger partial charge is 0.112 e. The highest BCUT2D eigenvalue weighted by molar-refractivity contribution is 8.14. The third-order valence-corrected chi connectivity index (χ3v) is 10.5. The number of thioether (sulfide) groups is 2. The van der Waals surface area contributed by atoms with Crippen molar-refractivity contribution in [2.45, 2.75) is 42.6 Å². The Morgan fingerprint density at radius 1 is 0.621 bits per heavy atom. The van der Waals surface area contributed by atoms with Crippen molar-refractivity contribution < 1.29 is 0 Å². The van der Waals surface area contributed by atoms with E-state index < -0.39 is 0 Å². The second-order valence-electron chi connectivity index (χ2n) is 8.66. The molecule has 0 radical (unpaired) electrons. The van der Waals surface area contributed by atoms with Crippen molar-refractivity contribution in [3.8, 4) is 0 Å². The van der Waals surface area contributed by atoms with E-state index in [0.717, 1.165) is 0 Å². The second-order valence-corrected chi connectivity index (χ2v) is 11.6. The van der Waals surface area contributed by atoms with Crippen LogP contribution in [0.4, 0.5) is 0 Å². The molecule has 144 valence electrons. The summed E-state index contributed by atoms with van der Waals surface area (Å²) >= 11 is 4.17. The van der Waals surface area contributed by atoms with Gasteiger partial charge in [-0.15, -0.1) is 23.5 Å². The Balaban J connectivity index is 1.52. The third-order valence-electron chi connectivity index (χ3n) is 7.10. The van der Waals surface area contributed by atoms with Crippen LogP contribution in [-0.4, -0.2) is 9.49 Å². The summed E-state index contributed by atoms with van der Waals surface area (Å²) in [6.45, 7) is 4.99. The average Bonchev–Trinajstić information content (AvgIpc) is 3.45. The minimum atomic E-state index is 0.0639. The van der Waals surface area contributed by atoms with Gasteiger partial charge in [0.05, 0.1) is 9.49 Å². The van der Waals surface area contributed by atoms with E-state index in [4.69, 9.17) is 0 Å². The predicted molar refractivity (Wildman–Crippen MR) is 129 cm³/mol. The lowest BCUT2D eigenvalue weighted by Gasteiger charge is -2.47. The Kier molecular flexibility index (Phi) is 3.89. The molecule has 0 N–H and O–H groups in total. The minimum Gasteiger partial charge on any atom is -0.112 e. The lowest BCUT2D eigenvalue weighted by molar-refractivity contribution is 0.607. The van der Waals surface area contributed by atoms with E-state index in [0.29, 0.717) is 0 Å². The summed E-state index contributed by atoms with van der Waals surface area (Å²) in [7, 11) is 0. The first-order chi connectivity index (χ1) is 14.1. The average molecular weight is 413 g/mol. The first-order valence-electron chi connectivity index (χ1n) is 10.5. The fraction of sp³-hybridized carbons (Fsp3) is 0.259. The molecule has 2 aliphatic carbocycles. The van der Waals surface area contributed by atoms with Crippen molar-refractivity contribution in [1.82, 2.24) is 0 Å². The molecule has 2 heteroatoms. The molecule has 0 unspecified atom stereocenters. The van der Waals surface area contributed by atoms with Gasteiger partial charge in [-0.2, -0.15) is 0 Å². The Bertz CT molecular complexity index is 1040. The van der Waals surface area contributed by atoms with Gasteiger partial charge < -0.3 is 0 Å². The fourth-order valence-corrected chi connectivity index (χ4v) is 8.62. The molecule has 4 aliphatic rings. The van der Waals surface area contributed by atoms with Crippen LogP contribution >= 0.6 is 23.5 Å². The monoisotopic (exact) mass is 412 g/mol. The van der Waals surface area contributed by atoms with E-state index in [2.05, 4.69) is 110 Å². The van der Waals surface area contributed by atoms with Crippen LogP contribution in [0.2, 0.25) is 0 Å². The molecule has 6 rings (SSSR count). The van der Waals surface area contributed by atoms with Gasteiger partial charge in [0, 0.05) is 9.81 Å². The Hall–Kier alpha value is -1.90. The molecule has 0 amide bonds. The molecule has 1 fully saturated rings. The first kappa shape index (κ1) is 17.9. The zero-order valence-electron chi connectivity index (χ0n) is 16.9. The highest BCUT2D eigenvalue weighted by Gasteiger charge is 2.59. The van der Waals surface area contributed by atoms with Gasteiger partial charge in [0.25, 0.3) is 0 Å². The van der Waals surface area contributed by atoms with Crippen molar-refractivity contribution in [2.24, 2.45) is 0 Å². The highest BCUT2D eigenvalue weighted by Crippen LogP contribution is 2.70. The van der Waals surface area contributed by atoms with Gasteiger partial charge in [-0.3, -0.25) is 0 Å². The number of rotatable bonds is 2. The molecule has 0 spiro atoms. The number of hydrogen-bond acceptors (Lipinski definition) is 2. The minimum absolute atomic E-state index is 0.0639. The summed E-state index contributed by atoms with van der Waals surface area (Å²) in [6.07, 6.45) is 8.80. The van der Waals surface area contributed by atoms with Gasteiger partial charge in [-0.05, 0) is 78.7 Å². The standard InChI is InChI=1S/C27H24S2/c1-26-22(16-24(28-26)18-10-5-3-6-11-18)20-14-9-15-21(20)23-17-25(29-27(23,26)2)19-12-7-4-8-13-19/h3-8,10-13,16-17H,9,14-15H2,1-2H3/t26-,27-/m1/s1. The van der Waals surface area contributed by atoms with E-state index >= 15 is 0 Å². The van der Waals surface area contributed by atoms with Crippen molar-refractivity contribution in [3.63, 3.8) is 0 Å². The molecule has 2 aromatic rings. The molecule has 0 saturated heterocycles. The molecule has 0 aromatic heterocycles. The molecule has 2 heterocycles. The molecular formula is C27H24S2. The topological polar surface area (TPSA) is 0 Å². The van der Waals surface area contributed by atoms with Crippen LogP contribution in [0.25, 0.3) is 9.81 Å². The van der Waals surface area contributed by atoms with E-state index in [1.165, 1.54) is 40.2 Å². The van der Waals surface area contributed by atoms with Gasteiger partial charge in [0.1, 0.15) is 0 Å². The summed E-state index contributed by atoms with van der Waals surface area (Å²) in [6, 6.07) is 21.9. The molecule has 1 saturated carbocycles. The summed E-state index contributed by atoms with van der Waals surface area (Å²) in [4.78, 5) is 2.86. The van der Waals surface area contributed by atoms with Crippen molar-refractivity contribution in [1.29, 1.82) is 0 Å². The van der Waals surface area contributed by atoms with Gasteiger partial charge in [0.2, 0.25) is 0 Å². The van der Waals surface area contributed by atoms with Gasteiger partial charge in [-0.25, -0.2) is 0 Å². The van der Waals surface area contributed by atoms with Crippen LogP contribution in [0, 0.1) is 0 Å². The number of fused-ring (bicyclic) bond motifs is 4. The zero-order valence-corrected chi connectivity index (χ0v) is 18.5. The van der Waals surface area contributed by atoms with E-state index in [1.807, 2.05) is 0 Å². The van der Waals surface area contributed by atoms with Crippen LogP contribution in [-0.2, 0) is 0 Å². The first-order valence-corrected chi connectivity index (χ1v) is 12.1. The molecule has 2 atom stereocenters. The lowest BCUT2D eigenvalue weighted by atomic mass is 9.72. The predicted octanol–water partition coefficient (Wildman–Crippen LogP) is 7.87. The van der Waals surface area contributed by atoms with Crippen LogP contribution in [0.3, 0.4) is 0 Å². The molecule has 0 nitrogen and oxygen atoms in total. The molecule has 0 bridgehead atoms. The number of benzene rings is 2. The lowest BCUT2D eigenvalue weighted by Crippen LogP contribution is -2.47. The quantitative estimate of drug-likeness (QED) is 0.492. The maximum atomic E-state index is 2.52. The van der Waals surface area contributed by atoms with E-state index in [1.54, 1.807) is 22.3 Å². The SMILES string of the molecule is C[C@@]12SC(c3ccccc3)=CC1=C1CCCC1=C1C=C(c3ccccc3)S[C@]12C. The Morgan fingerprint density at radius 2 is 1.03 bits per heavy atom. The van der Waals surface area contributed by atoms with E-state index in [9.17, 15) is 0 Å². The maximum Gasteiger partial charge on any atom is 0.0618 e. The molecule has 2 aliphatic heterocycles. The number of hydrogen-bond donors (Lipinski definition) is 0. The highest BCUT2D eigenvalue weighted by atomic mass is 32.2. The van der Waals surface area contributed by atoms with Crippen molar-refractivity contribution in [2.75, 3.05) is 0 Å². The second kappa shape index (κ2) is 6.30. The van der Waals surface area contributed by atoms with Gasteiger partial charge in [0.15, 0.2) is 0 Å². The third kappa shape index (κ3) is 2.42. The summed E-state index contributed by atoms with van der Waals surface area (Å²) in [5.41, 5.74) is 9.18. The van der Waals surface area contributed by atoms with Crippen LogP contribution in [0.5, 0.6) is 0 Å². The number of allylic oxidation sites excluding steroid dienone is 4. The van der Waals surface area contributed by atoms with Gasteiger partial charge in [-0.1, -0.05) is 60.7 Å². The van der Waals surface area contributed by atoms with Crippen molar-refractivity contribution >= 4 is 33.3 Å². The summed E-state index contributed by atoms with van der Waals surface area (Å²) < 4.78 is 0.128. The van der Waals surface area contributed by atoms with Crippen LogP contribution in [0.1, 0.15) is 44.2 Å².